The summed E-state index contributed by atoms with van der Waals surface area (Å²) in [6.07, 6.45) is 3.68. The fourth-order valence-electron chi connectivity index (χ4n) is 3.08. The van der Waals surface area contributed by atoms with Crippen LogP contribution in [-0.4, -0.2) is 0 Å². The molecule has 20 heavy (non-hydrogen) atoms. The average molecular weight is 289 g/mol. The number of halogens is 1. The first kappa shape index (κ1) is 13.8. The number of hydrogen-bond acceptors (Lipinski definition) is 2. The third-order valence-electron chi connectivity index (χ3n) is 4.10. The molecule has 0 saturated carbocycles. The van der Waals surface area contributed by atoms with Gasteiger partial charge in [0.25, 0.3) is 0 Å². The summed E-state index contributed by atoms with van der Waals surface area (Å²) >= 11 is 1.87. The summed E-state index contributed by atoms with van der Waals surface area (Å²) < 4.78 is 13.6. The van der Waals surface area contributed by atoms with Crippen molar-refractivity contribution in [1.29, 1.82) is 0 Å². The van der Waals surface area contributed by atoms with E-state index in [9.17, 15) is 4.39 Å². The first-order valence-electron chi connectivity index (χ1n) is 7.20. The lowest BCUT2D eigenvalue weighted by Gasteiger charge is -2.24. The van der Waals surface area contributed by atoms with Crippen molar-refractivity contribution in [1.82, 2.24) is 5.32 Å². The Morgan fingerprint density at radius 2 is 2.05 bits per heavy atom. The molecule has 1 unspecified atom stereocenters. The summed E-state index contributed by atoms with van der Waals surface area (Å²) in [5, 5.41) is 5.83. The maximum atomic E-state index is 13.6. The molecule has 2 aromatic rings. The molecule has 106 valence electrons. The summed E-state index contributed by atoms with van der Waals surface area (Å²) in [5.41, 5.74) is 4.11. The Balaban J connectivity index is 1.72. The topological polar surface area (TPSA) is 12.0 Å². The van der Waals surface area contributed by atoms with Crippen LogP contribution in [0.25, 0.3) is 0 Å². The highest BCUT2D eigenvalue weighted by Crippen LogP contribution is 2.33. The Bertz CT molecular complexity index is 594. The van der Waals surface area contributed by atoms with Gasteiger partial charge in [-0.05, 0) is 66.8 Å². The molecular formula is C17H20FNS. The Morgan fingerprint density at radius 1 is 1.30 bits per heavy atom. The van der Waals surface area contributed by atoms with Gasteiger partial charge in [-0.25, -0.2) is 4.39 Å². The molecule has 1 nitrogen and oxygen atoms in total. The highest BCUT2D eigenvalue weighted by molar-refractivity contribution is 7.10. The molecule has 1 atom stereocenters. The van der Waals surface area contributed by atoms with Gasteiger partial charge in [0, 0.05) is 17.5 Å². The summed E-state index contributed by atoms with van der Waals surface area (Å²) in [5.74, 6) is -0.0773. The number of hydrogen-bond donors (Lipinski definition) is 1. The van der Waals surface area contributed by atoms with Crippen molar-refractivity contribution in [2.75, 3.05) is 0 Å². The van der Waals surface area contributed by atoms with E-state index in [0.717, 1.165) is 17.7 Å². The number of thiophene rings is 1. The largest absolute Gasteiger partial charge is 0.306 e. The van der Waals surface area contributed by atoms with E-state index in [2.05, 4.69) is 16.8 Å². The van der Waals surface area contributed by atoms with Crippen molar-refractivity contribution in [2.24, 2.45) is 0 Å². The van der Waals surface area contributed by atoms with Gasteiger partial charge in [-0.2, -0.15) is 0 Å². The van der Waals surface area contributed by atoms with E-state index in [1.54, 1.807) is 0 Å². The van der Waals surface area contributed by atoms with E-state index >= 15 is 0 Å². The maximum absolute atomic E-state index is 13.6. The Kier molecular flexibility index (Phi) is 3.90. The molecule has 1 aromatic heterocycles. The molecule has 0 fully saturated rings. The van der Waals surface area contributed by atoms with Crippen LogP contribution in [-0.2, 0) is 13.0 Å². The second kappa shape index (κ2) is 5.66. The van der Waals surface area contributed by atoms with Crippen molar-refractivity contribution in [3.63, 3.8) is 0 Å². The third-order valence-corrected chi connectivity index (χ3v) is 5.10. The van der Waals surface area contributed by atoms with E-state index in [4.69, 9.17) is 0 Å². The normalized spacial score (nSPS) is 18.1. The van der Waals surface area contributed by atoms with Gasteiger partial charge in [-0.1, -0.05) is 12.1 Å². The minimum absolute atomic E-state index is 0.0773. The Labute approximate surface area is 123 Å². The van der Waals surface area contributed by atoms with Crippen molar-refractivity contribution in [3.05, 3.63) is 56.5 Å². The molecule has 0 saturated heterocycles. The molecule has 1 aliphatic rings. The molecule has 1 aliphatic carbocycles. The van der Waals surface area contributed by atoms with Crippen LogP contribution in [0.3, 0.4) is 0 Å². The fourth-order valence-corrected chi connectivity index (χ4v) is 4.06. The van der Waals surface area contributed by atoms with Crippen molar-refractivity contribution >= 4 is 11.3 Å². The molecule has 3 heteroatoms. The molecule has 0 amide bonds. The Morgan fingerprint density at radius 3 is 2.80 bits per heavy atom. The smallest absolute Gasteiger partial charge is 0.129 e. The lowest BCUT2D eigenvalue weighted by Crippen LogP contribution is -2.24. The summed E-state index contributed by atoms with van der Waals surface area (Å²) in [7, 11) is 0. The zero-order valence-corrected chi connectivity index (χ0v) is 12.8. The first-order chi connectivity index (χ1) is 9.65. The number of nitrogens with one attached hydrogen (secondary N) is 1. The van der Waals surface area contributed by atoms with Gasteiger partial charge in [0.15, 0.2) is 0 Å². The maximum Gasteiger partial charge on any atom is 0.129 e. The van der Waals surface area contributed by atoms with Crippen LogP contribution in [0, 0.1) is 19.7 Å². The minimum atomic E-state index is -0.0773. The van der Waals surface area contributed by atoms with Crippen LogP contribution in [0.2, 0.25) is 0 Å². The zero-order chi connectivity index (χ0) is 14.1. The fraction of sp³-hybridized carbons (Fsp3) is 0.412. The van der Waals surface area contributed by atoms with Crippen LogP contribution in [0.1, 0.15) is 46.0 Å². The minimum Gasteiger partial charge on any atom is -0.306 e. The van der Waals surface area contributed by atoms with Crippen LogP contribution in [0.15, 0.2) is 23.6 Å². The van der Waals surface area contributed by atoms with Crippen molar-refractivity contribution in [3.8, 4) is 0 Å². The second-order valence-corrected chi connectivity index (χ2v) is 6.67. The third kappa shape index (κ3) is 2.65. The number of benzene rings is 1. The average Bonchev–Trinajstić information content (AvgIpc) is 2.91. The highest BCUT2D eigenvalue weighted by Gasteiger charge is 2.20. The predicted octanol–water partition coefficient (Wildman–Crippen LogP) is 4.67. The Hall–Kier alpha value is -1.19. The summed E-state index contributed by atoms with van der Waals surface area (Å²) in [6.45, 7) is 4.48. The summed E-state index contributed by atoms with van der Waals surface area (Å²) in [4.78, 5) is 1.53. The molecule has 0 radical (unpaired) electrons. The van der Waals surface area contributed by atoms with Crippen molar-refractivity contribution < 1.29 is 4.39 Å². The lowest BCUT2D eigenvalue weighted by atomic mass is 9.94. The molecular weight excluding hydrogens is 269 g/mol. The predicted molar refractivity (Wildman–Crippen MR) is 82.7 cm³/mol. The van der Waals surface area contributed by atoms with Gasteiger partial charge in [0.2, 0.25) is 0 Å². The van der Waals surface area contributed by atoms with Gasteiger partial charge in [-0.3, -0.25) is 0 Å². The lowest BCUT2D eigenvalue weighted by molar-refractivity contribution is 0.462. The van der Waals surface area contributed by atoms with Crippen LogP contribution >= 0.6 is 11.3 Å². The van der Waals surface area contributed by atoms with Crippen LogP contribution < -0.4 is 5.32 Å². The van der Waals surface area contributed by atoms with E-state index in [-0.39, 0.29) is 5.82 Å². The first-order valence-corrected chi connectivity index (χ1v) is 8.08. The molecule has 0 bridgehead atoms. The van der Waals surface area contributed by atoms with Gasteiger partial charge >= 0.3 is 0 Å². The second-order valence-electron chi connectivity index (χ2n) is 5.67. The van der Waals surface area contributed by atoms with E-state index in [1.807, 2.05) is 37.3 Å². The van der Waals surface area contributed by atoms with E-state index in [1.165, 1.54) is 35.3 Å². The van der Waals surface area contributed by atoms with Gasteiger partial charge in [0.1, 0.15) is 5.82 Å². The molecule has 0 spiro atoms. The zero-order valence-electron chi connectivity index (χ0n) is 12.0. The number of rotatable bonds is 3. The van der Waals surface area contributed by atoms with Gasteiger partial charge in [-0.15, -0.1) is 11.3 Å². The molecule has 1 N–H and O–H groups in total. The van der Waals surface area contributed by atoms with Gasteiger partial charge in [0.05, 0.1) is 0 Å². The molecule has 1 heterocycles. The SMILES string of the molecule is Cc1cc(CNC2CCCc3sccc32)cc(C)c1F. The molecule has 1 aromatic carbocycles. The van der Waals surface area contributed by atoms with E-state index in [0.29, 0.717) is 6.04 Å². The standard InChI is InChI=1S/C17H20FNS/c1-11-8-13(9-12(2)17(11)18)10-19-15-4-3-5-16-14(15)6-7-20-16/h6-9,15,19H,3-5,10H2,1-2H3. The quantitative estimate of drug-likeness (QED) is 0.865. The highest BCUT2D eigenvalue weighted by atomic mass is 32.1. The number of aryl methyl sites for hydroxylation is 3. The van der Waals surface area contributed by atoms with Gasteiger partial charge < -0.3 is 5.32 Å². The molecule has 0 aliphatic heterocycles. The van der Waals surface area contributed by atoms with E-state index < -0.39 is 0 Å². The summed E-state index contributed by atoms with van der Waals surface area (Å²) in [6, 6.07) is 6.60. The van der Waals surface area contributed by atoms with Crippen molar-refractivity contribution in [2.45, 2.75) is 45.7 Å². The monoisotopic (exact) mass is 289 g/mol. The van der Waals surface area contributed by atoms with Crippen LogP contribution in [0.4, 0.5) is 4.39 Å². The molecule has 3 rings (SSSR count). The van der Waals surface area contributed by atoms with Crippen LogP contribution in [0.5, 0.6) is 0 Å². The number of fused-ring (bicyclic) bond motifs is 1.